The number of hydrogen-bond acceptors (Lipinski definition) is 3. The summed E-state index contributed by atoms with van der Waals surface area (Å²) in [5, 5.41) is 8.01. The van der Waals surface area contributed by atoms with Crippen molar-refractivity contribution in [3.8, 4) is 5.75 Å². The zero-order chi connectivity index (χ0) is 22.2. The van der Waals surface area contributed by atoms with Gasteiger partial charge >= 0.3 is 12.1 Å². The van der Waals surface area contributed by atoms with Gasteiger partial charge in [-0.25, -0.2) is 22.8 Å². The summed E-state index contributed by atoms with van der Waals surface area (Å²) in [7, 11) is 1.67. The molecule has 10 heteroatoms. The normalized spacial score (nSPS) is 18.9. The Bertz CT molecular complexity index is 1030. The van der Waals surface area contributed by atoms with E-state index in [0.717, 1.165) is 11.6 Å². The van der Waals surface area contributed by atoms with Gasteiger partial charge in [0.15, 0.2) is 17.2 Å². The maximum Gasteiger partial charge on any atom is 0.321 e. The summed E-state index contributed by atoms with van der Waals surface area (Å²) >= 11 is 0. The third kappa shape index (κ3) is 3.97. The Labute approximate surface area is 176 Å². The molecule has 2 aromatic rings. The second-order valence-electron chi connectivity index (χ2n) is 7.72. The lowest BCUT2D eigenvalue weighted by molar-refractivity contribution is -0.0137. The third-order valence-electron chi connectivity index (χ3n) is 5.42. The summed E-state index contributed by atoms with van der Waals surface area (Å²) in [6.07, 6.45) is -0.198. The fraction of sp³-hybridized carbons (Fsp3) is 0.333. The van der Waals surface area contributed by atoms with Crippen LogP contribution in [-0.2, 0) is 6.54 Å². The van der Waals surface area contributed by atoms with E-state index in [1.807, 2.05) is 0 Å². The molecular weight excluding hydrogens is 413 g/mol. The van der Waals surface area contributed by atoms with E-state index in [-0.39, 0.29) is 18.2 Å². The summed E-state index contributed by atoms with van der Waals surface area (Å²) in [6.45, 7) is -1.90. The van der Waals surface area contributed by atoms with Crippen molar-refractivity contribution in [2.45, 2.75) is 24.6 Å². The standard InChI is InChI=1S/C21H21F3N4O3/c1-28-9-12-5-6-13(7-16(12)27-20(28)30)25-19(29)26-17-8-21(10-22,11-23)31-18-14(17)3-2-4-15(18)24/h2-7,17H,8-11H2,1H3,(H,27,30)(H2,25,26,29)/t17-/m1/s1. The number of rotatable bonds is 4. The van der Waals surface area contributed by atoms with Crippen molar-refractivity contribution in [3.05, 3.63) is 53.3 Å². The lowest BCUT2D eigenvalue weighted by Gasteiger charge is -2.39. The van der Waals surface area contributed by atoms with Gasteiger partial charge in [-0.15, -0.1) is 0 Å². The monoisotopic (exact) mass is 434 g/mol. The topological polar surface area (TPSA) is 82.7 Å². The second kappa shape index (κ2) is 8.01. The zero-order valence-electron chi connectivity index (χ0n) is 16.7. The molecule has 0 aromatic heterocycles. The van der Waals surface area contributed by atoms with Gasteiger partial charge in [0, 0.05) is 37.0 Å². The first-order valence-electron chi connectivity index (χ1n) is 9.66. The molecule has 0 radical (unpaired) electrons. The number of carbonyl (C=O) groups is 2. The van der Waals surface area contributed by atoms with E-state index >= 15 is 0 Å². The van der Waals surface area contributed by atoms with Crippen LogP contribution in [0.5, 0.6) is 5.75 Å². The molecule has 1 atom stereocenters. The number of fused-ring (bicyclic) bond motifs is 2. The van der Waals surface area contributed by atoms with Crippen LogP contribution in [0.15, 0.2) is 36.4 Å². The Balaban J connectivity index is 1.53. The molecule has 0 fully saturated rings. The fourth-order valence-electron chi connectivity index (χ4n) is 3.75. The molecule has 0 aliphatic carbocycles. The van der Waals surface area contributed by atoms with Gasteiger partial charge in [-0.05, 0) is 23.8 Å². The molecule has 3 N–H and O–H groups in total. The van der Waals surface area contributed by atoms with E-state index in [2.05, 4.69) is 16.0 Å². The summed E-state index contributed by atoms with van der Waals surface area (Å²) < 4.78 is 46.7. The first-order chi connectivity index (χ1) is 14.8. The average molecular weight is 434 g/mol. The highest BCUT2D eigenvalue weighted by atomic mass is 19.1. The van der Waals surface area contributed by atoms with E-state index in [9.17, 15) is 22.8 Å². The van der Waals surface area contributed by atoms with Gasteiger partial charge in [-0.2, -0.15) is 0 Å². The Morgan fingerprint density at radius 2 is 2.06 bits per heavy atom. The van der Waals surface area contributed by atoms with Crippen LogP contribution in [0.3, 0.4) is 0 Å². The van der Waals surface area contributed by atoms with E-state index in [1.165, 1.54) is 17.0 Å². The zero-order valence-corrected chi connectivity index (χ0v) is 16.7. The van der Waals surface area contributed by atoms with E-state index < -0.39 is 36.8 Å². The van der Waals surface area contributed by atoms with Crippen molar-refractivity contribution in [1.29, 1.82) is 0 Å². The van der Waals surface area contributed by atoms with Crippen LogP contribution in [-0.4, -0.2) is 43.0 Å². The van der Waals surface area contributed by atoms with Crippen LogP contribution in [0.25, 0.3) is 0 Å². The summed E-state index contributed by atoms with van der Waals surface area (Å²) in [6, 6.07) is 7.39. The molecule has 31 heavy (non-hydrogen) atoms. The van der Waals surface area contributed by atoms with Crippen molar-refractivity contribution < 1.29 is 27.5 Å². The van der Waals surface area contributed by atoms with Gasteiger partial charge in [0.2, 0.25) is 0 Å². The number of benzene rings is 2. The molecule has 164 valence electrons. The SMILES string of the molecule is CN1Cc2ccc(NC(=O)N[C@@H]3CC(CF)(CF)Oc4c(F)cccc43)cc2NC1=O. The number of halogens is 3. The first-order valence-corrected chi connectivity index (χ1v) is 9.66. The lowest BCUT2D eigenvalue weighted by atomic mass is 9.88. The van der Waals surface area contributed by atoms with Crippen molar-refractivity contribution in [2.24, 2.45) is 0 Å². The molecule has 2 aromatic carbocycles. The van der Waals surface area contributed by atoms with Gasteiger partial charge in [0.25, 0.3) is 0 Å². The molecule has 0 saturated carbocycles. The number of amides is 4. The minimum Gasteiger partial charge on any atom is -0.478 e. The number of ether oxygens (including phenoxy) is 1. The molecule has 0 spiro atoms. The maximum absolute atomic E-state index is 14.2. The van der Waals surface area contributed by atoms with Crippen LogP contribution >= 0.6 is 0 Å². The smallest absolute Gasteiger partial charge is 0.321 e. The largest absolute Gasteiger partial charge is 0.478 e. The maximum atomic E-state index is 14.2. The average Bonchev–Trinajstić information content (AvgIpc) is 2.75. The van der Waals surface area contributed by atoms with Crippen molar-refractivity contribution in [1.82, 2.24) is 10.2 Å². The minimum atomic E-state index is -1.87. The Kier molecular flexibility index (Phi) is 5.38. The van der Waals surface area contributed by atoms with Gasteiger partial charge in [-0.1, -0.05) is 18.2 Å². The number of nitrogens with zero attached hydrogens (tertiary/aromatic N) is 1. The molecule has 2 heterocycles. The summed E-state index contributed by atoms with van der Waals surface area (Å²) in [5.74, 6) is -1.03. The molecule has 0 bridgehead atoms. The van der Waals surface area contributed by atoms with Crippen LogP contribution in [0.2, 0.25) is 0 Å². The van der Waals surface area contributed by atoms with Crippen molar-refractivity contribution in [3.63, 3.8) is 0 Å². The molecular formula is C21H21F3N4O3. The number of hydrogen-bond donors (Lipinski definition) is 3. The van der Waals surface area contributed by atoms with Gasteiger partial charge in [-0.3, -0.25) is 0 Å². The molecule has 2 aliphatic rings. The third-order valence-corrected chi connectivity index (χ3v) is 5.42. The van der Waals surface area contributed by atoms with Crippen molar-refractivity contribution in [2.75, 3.05) is 31.0 Å². The highest BCUT2D eigenvalue weighted by molar-refractivity contribution is 5.95. The Morgan fingerprint density at radius 1 is 1.29 bits per heavy atom. The van der Waals surface area contributed by atoms with Crippen LogP contribution in [0.4, 0.5) is 34.1 Å². The number of anilines is 2. The highest BCUT2D eigenvalue weighted by Crippen LogP contribution is 2.41. The predicted octanol–water partition coefficient (Wildman–Crippen LogP) is 4.13. The predicted molar refractivity (Wildman–Crippen MR) is 108 cm³/mol. The minimum absolute atomic E-state index is 0.198. The first kappa shape index (κ1) is 20.8. The number of carbonyl (C=O) groups excluding carboxylic acids is 2. The Hall–Kier alpha value is -3.43. The molecule has 4 rings (SSSR count). The van der Waals surface area contributed by atoms with Crippen molar-refractivity contribution >= 4 is 23.4 Å². The molecule has 0 unspecified atom stereocenters. The second-order valence-corrected chi connectivity index (χ2v) is 7.72. The van der Waals surface area contributed by atoms with E-state index in [4.69, 9.17) is 4.74 Å². The van der Waals surface area contributed by atoms with E-state index in [1.54, 1.807) is 25.2 Å². The molecule has 0 saturated heterocycles. The number of urea groups is 2. The fourth-order valence-corrected chi connectivity index (χ4v) is 3.75. The molecule has 2 aliphatic heterocycles. The Morgan fingerprint density at radius 3 is 2.81 bits per heavy atom. The van der Waals surface area contributed by atoms with Gasteiger partial charge in [0.05, 0.1) is 6.04 Å². The highest BCUT2D eigenvalue weighted by Gasteiger charge is 2.43. The lowest BCUT2D eigenvalue weighted by Crippen LogP contribution is -2.49. The van der Waals surface area contributed by atoms with Gasteiger partial charge < -0.3 is 25.6 Å². The number of alkyl halides is 2. The number of para-hydroxylation sites is 1. The number of nitrogens with one attached hydrogen (secondary N) is 3. The summed E-state index contributed by atoms with van der Waals surface area (Å²) in [5.41, 5.74) is 0.309. The van der Waals surface area contributed by atoms with Crippen LogP contribution < -0.4 is 20.7 Å². The van der Waals surface area contributed by atoms with Crippen LogP contribution in [0.1, 0.15) is 23.6 Å². The summed E-state index contributed by atoms with van der Waals surface area (Å²) in [4.78, 5) is 26.0. The van der Waals surface area contributed by atoms with E-state index in [0.29, 0.717) is 23.5 Å². The van der Waals surface area contributed by atoms with Gasteiger partial charge in [0.1, 0.15) is 13.3 Å². The quantitative estimate of drug-likeness (QED) is 0.677. The molecule has 7 nitrogen and oxygen atoms in total. The molecule has 4 amide bonds. The van der Waals surface area contributed by atoms with Crippen LogP contribution in [0, 0.1) is 5.82 Å².